The predicted molar refractivity (Wildman–Crippen MR) is 53.9 cm³/mol. The van der Waals surface area contributed by atoms with Crippen LogP contribution in [0.15, 0.2) is 24.5 Å². The maximum absolute atomic E-state index is 4.47. The second-order valence-corrected chi connectivity index (χ2v) is 3.24. The molecule has 0 amide bonds. The average Bonchev–Trinajstić information content (AvgIpc) is 2.58. The van der Waals surface area contributed by atoms with E-state index in [0.29, 0.717) is 0 Å². The van der Waals surface area contributed by atoms with Gasteiger partial charge in [0.1, 0.15) is 5.65 Å². The quantitative estimate of drug-likeness (QED) is 0.683. The second-order valence-electron chi connectivity index (χ2n) is 3.24. The zero-order valence-electron chi connectivity index (χ0n) is 8.12. The lowest BCUT2D eigenvalue weighted by Crippen LogP contribution is -1.86. The Morgan fingerprint density at radius 2 is 2.00 bits per heavy atom. The van der Waals surface area contributed by atoms with Crippen LogP contribution in [0.25, 0.3) is 5.65 Å². The van der Waals surface area contributed by atoms with E-state index >= 15 is 0 Å². The maximum atomic E-state index is 4.47. The van der Waals surface area contributed by atoms with Gasteiger partial charge in [-0.3, -0.25) is 0 Å². The number of hydrogen-bond donors (Lipinski definition) is 0. The Kier molecular flexibility index (Phi) is 2.05. The maximum Gasteiger partial charge on any atom is 0.136 e. The van der Waals surface area contributed by atoms with Gasteiger partial charge in [0, 0.05) is 12.4 Å². The van der Waals surface area contributed by atoms with E-state index in [1.807, 2.05) is 0 Å². The molecule has 0 aliphatic carbocycles. The van der Waals surface area contributed by atoms with Crippen LogP contribution < -0.4 is 0 Å². The summed E-state index contributed by atoms with van der Waals surface area (Å²) in [6, 6.07) is 4.22. The first-order valence-corrected chi connectivity index (χ1v) is 4.80. The van der Waals surface area contributed by atoms with Crippen LogP contribution >= 0.6 is 0 Å². The fourth-order valence-corrected chi connectivity index (χ4v) is 1.47. The molecule has 0 aromatic carbocycles. The number of pyridine rings is 1. The van der Waals surface area contributed by atoms with Crippen LogP contribution in [0.1, 0.15) is 25.1 Å². The number of nitrogens with zero attached hydrogens (tertiary/aromatic N) is 2. The minimum atomic E-state index is 1.00. The van der Waals surface area contributed by atoms with E-state index in [-0.39, 0.29) is 0 Å². The van der Waals surface area contributed by atoms with Crippen molar-refractivity contribution in [2.75, 3.05) is 0 Å². The number of fused-ring (bicyclic) bond motifs is 1. The van der Waals surface area contributed by atoms with Gasteiger partial charge in [0.05, 0.1) is 5.69 Å². The van der Waals surface area contributed by atoms with Crippen molar-refractivity contribution in [2.45, 2.75) is 26.7 Å². The van der Waals surface area contributed by atoms with Crippen LogP contribution in [-0.4, -0.2) is 9.38 Å². The summed E-state index contributed by atoms with van der Waals surface area (Å²) in [5.74, 6) is 0. The Morgan fingerprint density at radius 1 is 1.15 bits per heavy atom. The molecule has 2 aromatic heterocycles. The topological polar surface area (TPSA) is 17.3 Å². The third kappa shape index (κ3) is 1.44. The van der Waals surface area contributed by atoms with Gasteiger partial charge in [0.2, 0.25) is 0 Å². The third-order valence-electron chi connectivity index (χ3n) is 2.33. The Bertz CT molecular complexity index is 413. The largest absolute Gasteiger partial charge is 0.307 e. The lowest BCUT2D eigenvalue weighted by Gasteiger charge is -1.96. The monoisotopic (exact) mass is 174 g/mol. The van der Waals surface area contributed by atoms with E-state index in [1.54, 1.807) is 0 Å². The summed E-state index contributed by atoms with van der Waals surface area (Å²) < 4.78 is 2.11. The Labute approximate surface area is 78.2 Å². The van der Waals surface area contributed by atoms with E-state index < -0.39 is 0 Å². The average molecular weight is 174 g/mol. The van der Waals surface area contributed by atoms with Gasteiger partial charge in [-0.25, -0.2) is 4.98 Å². The standard InChI is InChI=1S/C11H14N2/c1-3-9-5-6-11-12-10(4-2)8-13(11)7-9/h5-8H,3-4H2,1-2H3. The smallest absolute Gasteiger partial charge is 0.136 e. The molecule has 0 N–H and O–H groups in total. The lowest BCUT2D eigenvalue weighted by atomic mass is 10.2. The molecule has 2 nitrogen and oxygen atoms in total. The molecule has 0 radical (unpaired) electrons. The molecule has 2 heteroatoms. The first kappa shape index (κ1) is 8.30. The molecule has 0 aliphatic heterocycles. The van der Waals surface area contributed by atoms with Gasteiger partial charge < -0.3 is 4.40 Å². The van der Waals surface area contributed by atoms with Crippen molar-refractivity contribution in [3.05, 3.63) is 35.8 Å². The van der Waals surface area contributed by atoms with Crippen molar-refractivity contribution in [1.82, 2.24) is 9.38 Å². The molecule has 0 spiro atoms. The van der Waals surface area contributed by atoms with Gasteiger partial charge in [0.25, 0.3) is 0 Å². The summed E-state index contributed by atoms with van der Waals surface area (Å²) in [4.78, 5) is 4.47. The molecule has 2 heterocycles. The first-order chi connectivity index (χ1) is 6.33. The highest BCUT2D eigenvalue weighted by Crippen LogP contribution is 2.08. The molecule has 68 valence electrons. The van der Waals surface area contributed by atoms with Crippen LogP contribution in [0.4, 0.5) is 0 Å². The molecule has 0 aliphatic rings. The van der Waals surface area contributed by atoms with E-state index in [4.69, 9.17) is 0 Å². The van der Waals surface area contributed by atoms with Crippen molar-refractivity contribution in [1.29, 1.82) is 0 Å². The van der Waals surface area contributed by atoms with E-state index in [1.165, 1.54) is 5.56 Å². The molecule has 0 atom stereocenters. The van der Waals surface area contributed by atoms with Crippen LogP contribution in [0, 0.1) is 0 Å². The van der Waals surface area contributed by atoms with Crippen LogP contribution in [-0.2, 0) is 12.8 Å². The van der Waals surface area contributed by atoms with E-state index in [9.17, 15) is 0 Å². The number of rotatable bonds is 2. The number of imidazole rings is 1. The summed E-state index contributed by atoms with van der Waals surface area (Å²) in [6.07, 6.45) is 6.34. The fourth-order valence-electron chi connectivity index (χ4n) is 1.47. The van der Waals surface area contributed by atoms with E-state index in [2.05, 4.69) is 47.8 Å². The summed E-state index contributed by atoms with van der Waals surface area (Å²) >= 11 is 0. The number of aryl methyl sites for hydroxylation is 2. The molecular formula is C11H14N2. The van der Waals surface area contributed by atoms with Gasteiger partial charge in [-0.05, 0) is 24.5 Å². The number of hydrogen-bond acceptors (Lipinski definition) is 1. The lowest BCUT2D eigenvalue weighted by molar-refractivity contribution is 1.06. The predicted octanol–water partition coefficient (Wildman–Crippen LogP) is 2.46. The Hall–Kier alpha value is -1.31. The summed E-state index contributed by atoms with van der Waals surface area (Å²) in [6.45, 7) is 4.29. The normalized spacial score (nSPS) is 10.9. The second kappa shape index (κ2) is 3.21. The molecular weight excluding hydrogens is 160 g/mol. The highest BCUT2D eigenvalue weighted by Gasteiger charge is 1.99. The molecule has 0 saturated carbocycles. The molecule has 2 rings (SSSR count). The summed E-state index contributed by atoms with van der Waals surface area (Å²) in [5.41, 5.74) is 3.56. The SMILES string of the molecule is CCc1ccc2nc(CC)cn2c1. The van der Waals surface area contributed by atoms with Gasteiger partial charge in [-0.1, -0.05) is 19.9 Å². The van der Waals surface area contributed by atoms with Gasteiger partial charge in [0.15, 0.2) is 0 Å². The van der Waals surface area contributed by atoms with Crippen LogP contribution in [0.3, 0.4) is 0 Å². The molecule has 0 fully saturated rings. The van der Waals surface area contributed by atoms with Gasteiger partial charge >= 0.3 is 0 Å². The molecule has 0 unspecified atom stereocenters. The van der Waals surface area contributed by atoms with Gasteiger partial charge in [-0.2, -0.15) is 0 Å². The summed E-state index contributed by atoms with van der Waals surface area (Å²) in [5, 5.41) is 0. The zero-order valence-corrected chi connectivity index (χ0v) is 8.12. The van der Waals surface area contributed by atoms with Crippen molar-refractivity contribution < 1.29 is 0 Å². The summed E-state index contributed by atoms with van der Waals surface area (Å²) in [7, 11) is 0. The highest BCUT2D eigenvalue weighted by molar-refractivity contribution is 5.41. The first-order valence-electron chi connectivity index (χ1n) is 4.80. The highest BCUT2D eigenvalue weighted by atomic mass is 15.0. The molecule has 13 heavy (non-hydrogen) atoms. The van der Waals surface area contributed by atoms with Crippen molar-refractivity contribution in [3.63, 3.8) is 0 Å². The zero-order chi connectivity index (χ0) is 9.26. The molecule has 0 saturated heterocycles. The van der Waals surface area contributed by atoms with Gasteiger partial charge in [-0.15, -0.1) is 0 Å². The third-order valence-corrected chi connectivity index (χ3v) is 2.33. The molecule has 0 bridgehead atoms. The van der Waals surface area contributed by atoms with E-state index in [0.717, 1.165) is 24.2 Å². The number of aromatic nitrogens is 2. The van der Waals surface area contributed by atoms with Crippen LogP contribution in [0.2, 0.25) is 0 Å². The minimum absolute atomic E-state index is 1.00. The Balaban J connectivity index is 2.57. The van der Waals surface area contributed by atoms with Crippen molar-refractivity contribution in [2.24, 2.45) is 0 Å². The molecule has 2 aromatic rings. The van der Waals surface area contributed by atoms with Crippen LogP contribution in [0.5, 0.6) is 0 Å². The fraction of sp³-hybridized carbons (Fsp3) is 0.364. The Morgan fingerprint density at radius 3 is 2.69 bits per heavy atom. The van der Waals surface area contributed by atoms with Crippen molar-refractivity contribution in [3.8, 4) is 0 Å². The minimum Gasteiger partial charge on any atom is -0.307 e. The van der Waals surface area contributed by atoms with Crippen molar-refractivity contribution >= 4 is 5.65 Å².